The van der Waals surface area contributed by atoms with Gasteiger partial charge >= 0.3 is 0 Å². The van der Waals surface area contributed by atoms with E-state index in [-0.39, 0.29) is 29.0 Å². The Hall–Kier alpha value is -1.26. The molecule has 0 spiro atoms. The van der Waals surface area contributed by atoms with Gasteiger partial charge < -0.3 is 10.2 Å². The first-order valence-corrected chi connectivity index (χ1v) is 7.10. The zero-order valence-corrected chi connectivity index (χ0v) is 12.0. The molecule has 4 heteroatoms. The van der Waals surface area contributed by atoms with E-state index >= 15 is 0 Å². The fourth-order valence-electron chi connectivity index (χ4n) is 4.50. The van der Waals surface area contributed by atoms with Gasteiger partial charge in [0.2, 0.25) is 0 Å². The van der Waals surface area contributed by atoms with E-state index in [1.165, 1.54) is 12.2 Å². The van der Waals surface area contributed by atoms with E-state index in [1.807, 2.05) is 13.8 Å². The number of allylic oxidation sites excluding steroid dienone is 3. The summed E-state index contributed by atoms with van der Waals surface area (Å²) in [5.74, 6) is -0.871. The maximum absolute atomic E-state index is 12.2. The van der Waals surface area contributed by atoms with Crippen LogP contribution < -0.4 is 0 Å². The smallest absolute Gasteiger partial charge is 0.185 e. The molecule has 1 fully saturated rings. The molecule has 0 amide bonds. The second-order valence-electron chi connectivity index (χ2n) is 7.05. The van der Waals surface area contributed by atoms with Crippen molar-refractivity contribution in [2.75, 3.05) is 0 Å². The number of hydrogen-bond donors (Lipinski definition) is 2. The van der Waals surface area contributed by atoms with Crippen molar-refractivity contribution < 1.29 is 19.8 Å². The lowest BCUT2D eigenvalue weighted by atomic mass is 9.57. The zero-order chi connectivity index (χ0) is 14.9. The summed E-state index contributed by atoms with van der Waals surface area (Å²) >= 11 is 0. The van der Waals surface area contributed by atoms with E-state index in [0.29, 0.717) is 12.0 Å². The Bertz CT molecular complexity index is 565. The molecule has 0 heterocycles. The van der Waals surface area contributed by atoms with Crippen molar-refractivity contribution >= 4 is 11.6 Å². The summed E-state index contributed by atoms with van der Waals surface area (Å²) in [7, 11) is 0. The molecule has 1 saturated carbocycles. The van der Waals surface area contributed by atoms with Crippen molar-refractivity contribution in [3.8, 4) is 0 Å². The van der Waals surface area contributed by atoms with Crippen molar-refractivity contribution in [3.63, 3.8) is 0 Å². The van der Waals surface area contributed by atoms with E-state index in [4.69, 9.17) is 0 Å². The molecule has 4 atom stereocenters. The van der Waals surface area contributed by atoms with Gasteiger partial charge in [-0.05, 0) is 43.3 Å². The summed E-state index contributed by atoms with van der Waals surface area (Å²) < 4.78 is 0. The van der Waals surface area contributed by atoms with E-state index in [0.717, 1.165) is 6.42 Å². The first-order valence-electron chi connectivity index (χ1n) is 7.10. The lowest BCUT2D eigenvalue weighted by Crippen LogP contribution is -2.52. The third-order valence-electron chi connectivity index (χ3n) is 5.49. The van der Waals surface area contributed by atoms with Gasteiger partial charge in [0, 0.05) is 17.1 Å². The third-order valence-corrected chi connectivity index (χ3v) is 5.49. The lowest BCUT2D eigenvalue weighted by molar-refractivity contribution is -0.121. The van der Waals surface area contributed by atoms with Crippen LogP contribution >= 0.6 is 0 Å². The Balaban J connectivity index is 2.22. The number of carbonyl (C=O) groups excluding carboxylic acids is 2. The van der Waals surface area contributed by atoms with Gasteiger partial charge in [-0.1, -0.05) is 13.8 Å². The van der Waals surface area contributed by atoms with Crippen molar-refractivity contribution in [1.82, 2.24) is 0 Å². The minimum atomic E-state index is -1.05. The van der Waals surface area contributed by atoms with E-state index in [1.54, 1.807) is 6.92 Å². The monoisotopic (exact) mass is 276 g/mol. The number of fused-ring (bicyclic) bond motifs is 1. The van der Waals surface area contributed by atoms with Crippen LogP contribution in [0.4, 0.5) is 0 Å². The van der Waals surface area contributed by atoms with E-state index < -0.39 is 17.1 Å². The van der Waals surface area contributed by atoms with Crippen LogP contribution in [0.1, 0.15) is 33.6 Å². The Morgan fingerprint density at radius 1 is 1.15 bits per heavy atom. The summed E-state index contributed by atoms with van der Waals surface area (Å²) in [6.07, 6.45) is 2.80. The zero-order valence-electron chi connectivity index (χ0n) is 12.0. The molecule has 0 aromatic carbocycles. The Kier molecular flexibility index (Phi) is 2.67. The van der Waals surface area contributed by atoms with Crippen molar-refractivity contribution in [2.24, 2.45) is 17.3 Å². The molecular weight excluding hydrogens is 256 g/mol. The highest BCUT2D eigenvalue weighted by atomic mass is 16.3. The van der Waals surface area contributed by atoms with Crippen LogP contribution in [0.15, 0.2) is 23.3 Å². The number of hydrogen-bond acceptors (Lipinski definition) is 4. The molecule has 0 aromatic heterocycles. The van der Waals surface area contributed by atoms with Gasteiger partial charge in [0.1, 0.15) is 0 Å². The first-order chi connectivity index (χ1) is 9.18. The van der Waals surface area contributed by atoms with Crippen LogP contribution in [0.25, 0.3) is 0 Å². The predicted molar refractivity (Wildman–Crippen MR) is 72.8 cm³/mol. The number of carbonyl (C=O) groups is 2. The molecule has 0 radical (unpaired) electrons. The molecule has 108 valence electrons. The molecule has 2 N–H and O–H groups in total. The Labute approximate surface area is 118 Å². The lowest BCUT2D eigenvalue weighted by Gasteiger charge is -2.48. The summed E-state index contributed by atoms with van der Waals surface area (Å²) in [6, 6.07) is 0. The average molecular weight is 276 g/mol. The van der Waals surface area contributed by atoms with Gasteiger partial charge in [-0.3, -0.25) is 9.59 Å². The third kappa shape index (κ3) is 1.55. The summed E-state index contributed by atoms with van der Waals surface area (Å²) in [5.41, 5.74) is -0.857. The topological polar surface area (TPSA) is 74.6 Å². The fraction of sp³-hybridized carbons (Fsp3) is 0.625. The minimum Gasteiger partial charge on any atom is -0.390 e. The molecule has 20 heavy (non-hydrogen) atoms. The molecular formula is C16H20O4. The SMILES string of the molecule is CC1(C)C2=C(C(=O)C=CC2=O)[C@@H](O)[C@H]2[C@H]1CC[C@@]2(C)O. The molecule has 4 nitrogen and oxygen atoms in total. The Morgan fingerprint density at radius 2 is 1.75 bits per heavy atom. The molecule has 3 aliphatic carbocycles. The largest absolute Gasteiger partial charge is 0.390 e. The highest BCUT2D eigenvalue weighted by Crippen LogP contribution is 2.58. The maximum atomic E-state index is 12.2. The first kappa shape index (κ1) is 13.7. The van der Waals surface area contributed by atoms with E-state index in [2.05, 4.69) is 0 Å². The van der Waals surface area contributed by atoms with Crippen LogP contribution in [-0.4, -0.2) is 33.5 Å². The van der Waals surface area contributed by atoms with Crippen molar-refractivity contribution in [1.29, 1.82) is 0 Å². The number of aliphatic hydroxyl groups excluding tert-OH is 1. The van der Waals surface area contributed by atoms with Crippen LogP contribution in [0.2, 0.25) is 0 Å². The second kappa shape index (κ2) is 3.89. The van der Waals surface area contributed by atoms with Crippen molar-refractivity contribution in [2.45, 2.75) is 45.3 Å². The quantitative estimate of drug-likeness (QED) is 0.651. The molecule has 0 saturated heterocycles. The second-order valence-corrected chi connectivity index (χ2v) is 7.05. The van der Waals surface area contributed by atoms with Gasteiger partial charge in [0.05, 0.1) is 11.7 Å². The van der Waals surface area contributed by atoms with Crippen LogP contribution in [0, 0.1) is 17.3 Å². The maximum Gasteiger partial charge on any atom is 0.185 e. The van der Waals surface area contributed by atoms with Gasteiger partial charge in [0.25, 0.3) is 0 Å². The normalized spacial score (nSPS) is 42.8. The number of aliphatic hydroxyl groups is 2. The summed E-state index contributed by atoms with van der Waals surface area (Å²) in [5, 5.41) is 21.1. The minimum absolute atomic E-state index is 0.00880. The van der Waals surface area contributed by atoms with Crippen LogP contribution in [0.5, 0.6) is 0 Å². The summed E-state index contributed by atoms with van der Waals surface area (Å²) in [6.45, 7) is 5.60. The molecule has 0 unspecified atom stereocenters. The highest BCUT2D eigenvalue weighted by molar-refractivity contribution is 6.21. The standard InChI is InChI=1S/C16H20O4/c1-15(2)8-6-7-16(3,20)12(8)14(19)11-9(17)4-5-10(18)13(11)15/h4-5,8,12,14,19-20H,6-7H2,1-3H3/t8-,12-,14-,16-/m1/s1. The Morgan fingerprint density at radius 3 is 2.40 bits per heavy atom. The predicted octanol–water partition coefficient (Wildman–Crippen LogP) is 1.17. The number of ketones is 2. The van der Waals surface area contributed by atoms with Gasteiger partial charge in [-0.25, -0.2) is 0 Å². The average Bonchev–Trinajstić information content (AvgIpc) is 2.66. The fourth-order valence-corrected chi connectivity index (χ4v) is 4.50. The van der Waals surface area contributed by atoms with Crippen LogP contribution in [-0.2, 0) is 9.59 Å². The molecule has 0 bridgehead atoms. The molecule has 0 aromatic rings. The van der Waals surface area contributed by atoms with Gasteiger partial charge in [-0.15, -0.1) is 0 Å². The number of rotatable bonds is 0. The molecule has 3 aliphatic rings. The van der Waals surface area contributed by atoms with Crippen molar-refractivity contribution in [3.05, 3.63) is 23.3 Å². The highest BCUT2D eigenvalue weighted by Gasteiger charge is 2.59. The van der Waals surface area contributed by atoms with E-state index in [9.17, 15) is 19.8 Å². The molecule has 0 aliphatic heterocycles. The van der Waals surface area contributed by atoms with Crippen LogP contribution in [0.3, 0.4) is 0 Å². The van der Waals surface area contributed by atoms with Gasteiger partial charge in [-0.2, -0.15) is 0 Å². The van der Waals surface area contributed by atoms with Gasteiger partial charge in [0.15, 0.2) is 11.6 Å². The molecule has 3 rings (SSSR count). The summed E-state index contributed by atoms with van der Waals surface area (Å²) in [4.78, 5) is 24.3.